The van der Waals surface area contributed by atoms with Gasteiger partial charge in [-0.05, 0) is 18.2 Å². The molecule has 0 atom stereocenters. The molecule has 1 heterocycles. The van der Waals surface area contributed by atoms with Gasteiger partial charge < -0.3 is 11.1 Å². The Balaban J connectivity index is 2.21. The summed E-state index contributed by atoms with van der Waals surface area (Å²) in [6.45, 7) is 0. The zero-order valence-electron chi connectivity index (χ0n) is 7.98. The van der Waals surface area contributed by atoms with Gasteiger partial charge in [-0.25, -0.2) is 0 Å². The fourth-order valence-corrected chi connectivity index (χ4v) is 1.81. The second kappa shape index (κ2) is 4.46. The molecule has 1 aromatic heterocycles. The predicted octanol–water partition coefficient (Wildman–Crippen LogP) is 2.03. The van der Waals surface area contributed by atoms with Gasteiger partial charge in [0.2, 0.25) is 0 Å². The maximum Gasteiger partial charge on any atom is 0.257 e. The van der Waals surface area contributed by atoms with Crippen LogP contribution in [0, 0.1) is 0 Å². The lowest BCUT2D eigenvalue weighted by Gasteiger charge is -2.04. The van der Waals surface area contributed by atoms with Crippen LogP contribution in [0.4, 0.5) is 10.7 Å². The number of anilines is 2. The first-order chi connectivity index (χ1) is 7.66. The predicted molar refractivity (Wildman–Crippen MR) is 63.7 cm³/mol. The number of nitrogens with zero attached hydrogens (tertiary/aromatic N) is 2. The van der Waals surface area contributed by atoms with Gasteiger partial charge >= 0.3 is 0 Å². The molecule has 0 bridgehead atoms. The van der Waals surface area contributed by atoms with Gasteiger partial charge in [-0.2, -0.15) is 0 Å². The molecule has 0 fully saturated rings. The molecule has 0 saturated carbocycles. The molecule has 2 rings (SSSR count). The monoisotopic (exact) mass is 254 g/mol. The number of nitrogens with one attached hydrogen (secondary N) is 1. The van der Waals surface area contributed by atoms with E-state index in [1.165, 1.54) is 12.3 Å². The minimum Gasteiger partial charge on any atom is -0.399 e. The van der Waals surface area contributed by atoms with E-state index in [1.807, 2.05) is 0 Å². The highest BCUT2D eigenvalue weighted by molar-refractivity contribution is 7.10. The van der Waals surface area contributed by atoms with Gasteiger partial charge in [0.1, 0.15) is 5.00 Å². The molecule has 2 aromatic rings. The second-order valence-electron chi connectivity index (χ2n) is 2.98. The number of halogens is 1. The summed E-state index contributed by atoms with van der Waals surface area (Å²) in [6.07, 6.45) is 1.47. The van der Waals surface area contributed by atoms with Crippen LogP contribution in [-0.4, -0.2) is 15.5 Å². The first kappa shape index (κ1) is 10.8. The van der Waals surface area contributed by atoms with Gasteiger partial charge in [-0.1, -0.05) is 16.1 Å². The lowest BCUT2D eigenvalue weighted by atomic mass is 10.2. The Kier molecular flexibility index (Phi) is 3.02. The number of carbonyl (C=O) groups excluding carboxylic acids is 1. The fourth-order valence-electron chi connectivity index (χ4n) is 1.12. The third-order valence-corrected chi connectivity index (χ3v) is 2.73. The van der Waals surface area contributed by atoms with Gasteiger partial charge in [-0.15, -0.1) is 5.10 Å². The Labute approximate surface area is 100 Å². The van der Waals surface area contributed by atoms with E-state index in [2.05, 4.69) is 14.9 Å². The average Bonchev–Trinajstić information content (AvgIpc) is 2.70. The van der Waals surface area contributed by atoms with Crippen molar-refractivity contribution < 1.29 is 4.79 Å². The second-order valence-corrected chi connectivity index (χ2v) is 4.17. The summed E-state index contributed by atoms with van der Waals surface area (Å²) in [5.41, 5.74) is 6.41. The van der Waals surface area contributed by atoms with Crippen molar-refractivity contribution in [1.82, 2.24) is 9.59 Å². The highest BCUT2D eigenvalue weighted by Crippen LogP contribution is 2.20. The van der Waals surface area contributed by atoms with E-state index in [0.29, 0.717) is 21.3 Å². The largest absolute Gasteiger partial charge is 0.399 e. The first-order valence-corrected chi connectivity index (χ1v) is 5.45. The van der Waals surface area contributed by atoms with E-state index in [-0.39, 0.29) is 5.91 Å². The molecule has 3 N–H and O–H groups in total. The lowest BCUT2D eigenvalue weighted by Crippen LogP contribution is -2.11. The van der Waals surface area contributed by atoms with Crippen LogP contribution in [0.25, 0.3) is 0 Å². The van der Waals surface area contributed by atoms with Crippen molar-refractivity contribution in [3.05, 3.63) is 35.0 Å². The molecule has 7 heteroatoms. The van der Waals surface area contributed by atoms with Crippen LogP contribution in [-0.2, 0) is 0 Å². The third kappa shape index (κ3) is 2.29. The molecule has 0 aliphatic rings. The van der Waals surface area contributed by atoms with E-state index >= 15 is 0 Å². The molecule has 0 spiro atoms. The molecule has 82 valence electrons. The summed E-state index contributed by atoms with van der Waals surface area (Å²) in [7, 11) is 0. The van der Waals surface area contributed by atoms with Gasteiger partial charge in [-0.3, -0.25) is 4.79 Å². The van der Waals surface area contributed by atoms with Crippen molar-refractivity contribution in [2.45, 2.75) is 0 Å². The molecule has 0 aliphatic heterocycles. The maximum atomic E-state index is 11.8. The number of benzene rings is 1. The van der Waals surface area contributed by atoms with Crippen LogP contribution >= 0.6 is 23.1 Å². The normalized spacial score (nSPS) is 10.1. The summed E-state index contributed by atoms with van der Waals surface area (Å²) in [5, 5.41) is 7.12. The number of carbonyl (C=O) groups is 1. The minimum atomic E-state index is -0.309. The third-order valence-electron chi connectivity index (χ3n) is 1.84. The topological polar surface area (TPSA) is 80.9 Å². The van der Waals surface area contributed by atoms with Gasteiger partial charge in [0.15, 0.2) is 0 Å². The molecule has 1 amide bonds. The first-order valence-electron chi connectivity index (χ1n) is 4.30. The fraction of sp³-hybridized carbons (Fsp3) is 0. The van der Waals surface area contributed by atoms with Crippen LogP contribution in [0.1, 0.15) is 10.4 Å². The Morgan fingerprint density at radius 1 is 1.50 bits per heavy atom. The summed E-state index contributed by atoms with van der Waals surface area (Å²) in [5.74, 6) is -0.309. The molecular weight excluding hydrogens is 248 g/mol. The minimum absolute atomic E-state index is 0.309. The van der Waals surface area contributed by atoms with Crippen molar-refractivity contribution in [3.8, 4) is 0 Å². The van der Waals surface area contributed by atoms with Gasteiger partial charge in [0, 0.05) is 17.2 Å². The molecule has 16 heavy (non-hydrogen) atoms. The van der Waals surface area contributed by atoms with Crippen LogP contribution in [0.2, 0.25) is 5.02 Å². The number of rotatable bonds is 2. The molecule has 1 aromatic carbocycles. The maximum absolute atomic E-state index is 11.8. The highest BCUT2D eigenvalue weighted by atomic mass is 35.5. The number of hydrogen-bond donors (Lipinski definition) is 2. The van der Waals surface area contributed by atoms with Crippen molar-refractivity contribution in [1.29, 1.82) is 0 Å². The summed E-state index contributed by atoms with van der Waals surface area (Å²) in [6, 6.07) is 4.72. The highest BCUT2D eigenvalue weighted by Gasteiger charge is 2.11. The zero-order chi connectivity index (χ0) is 11.5. The van der Waals surface area contributed by atoms with E-state index in [4.69, 9.17) is 17.3 Å². The Morgan fingerprint density at radius 3 is 2.94 bits per heavy atom. The molecule has 0 aliphatic carbocycles. The summed E-state index contributed by atoms with van der Waals surface area (Å²) in [4.78, 5) is 11.8. The Bertz CT molecular complexity index is 514. The summed E-state index contributed by atoms with van der Waals surface area (Å²) >= 11 is 6.99. The van der Waals surface area contributed by atoms with E-state index in [1.54, 1.807) is 12.1 Å². The van der Waals surface area contributed by atoms with Gasteiger partial charge in [0.25, 0.3) is 5.91 Å². The number of amides is 1. The summed E-state index contributed by atoms with van der Waals surface area (Å²) < 4.78 is 3.63. The van der Waals surface area contributed by atoms with Crippen LogP contribution < -0.4 is 11.1 Å². The number of nitrogens with two attached hydrogens (primary N) is 1. The molecule has 0 unspecified atom stereocenters. The van der Waals surface area contributed by atoms with Crippen molar-refractivity contribution >= 4 is 39.7 Å². The SMILES string of the molecule is Nc1ccc(C(=O)Nc2cnns2)c(Cl)c1. The molecular formula is C9H7ClN4OS. The Hall–Kier alpha value is -1.66. The van der Waals surface area contributed by atoms with Crippen LogP contribution in [0.5, 0.6) is 0 Å². The standard InChI is InChI=1S/C9H7ClN4OS/c10-7-3-5(11)1-2-6(7)9(15)13-8-4-12-14-16-8/h1-4H,11H2,(H,13,15). The Morgan fingerprint density at radius 2 is 2.31 bits per heavy atom. The van der Waals surface area contributed by atoms with Crippen LogP contribution in [0.3, 0.4) is 0 Å². The zero-order valence-corrected chi connectivity index (χ0v) is 9.55. The van der Waals surface area contributed by atoms with E-state index < -0.39 is 0 Å². The quantitative estimate of drug-likeness (QED) is 0.804. The number of aromatic nitrogens is 2. The van der Waals surface area contributed by atoms with Gasteiger partial charge in [0.05, 0.1) is 16.8 Å². The molecule has 5 nitrogen and oxygen atoms in total. The smallest absolute Gasteiger partial charge is 0.257 e. The average molecular weight is 255 g/mol. The van der Waals surface area contributed by atoms with Crippen molar-refractivity contribution in [2.75, 3.05) is 11.1 Å². The van der Waals surface area contributed by atoms with Crippen molar-refractivity contribution in [3.63, 3.8) is 0 Å². The molecule has 0 saturated heterocycles. The lowest BCUT2D eigenvalue weighted by molar-refractivity contribution is 0.102. The van der Waals surface area contributed by atoms with Crippen molar-refractivity contribution in [2.24, 2.45) is 0 Å². The van der Waals surface area contributed by atoms with E-state index in [0.717, 1.165) is 11.5 Å². The van der Waals surface area contributed by atoms with E-state index in [9.17, 15) is 4.79 Å². The van der Waals surface area contributed by atoms with Crippen LogP contribution in [0.15, 0.2) is 24.4 Å². The number of nitrogen functional groups attached to an aromatic ring is 1. The number of hydrogen-bond acceptors (Lipinski definition) is 5. The molecule has 0 radical (unpaired) electrons.